The van der Waals surface area contributed by atoms with Crippen molar-refractivity contribution in [1.82, 2.24) is 10.6 Å². The van der Waals surface area contributed by atoms with Crippen molar-refractivity contribution >= 4 is 23.8 Å². The topological polar surface area (TPSA) is 85.9 Å². The molecule has 1 aromatic rings. The van der Waals surface area contributed by atoms with Crippen molar-refractivity contribution in [2.45, 2.75) is 33.2 Å². The first-order valence-electron chi connectivity index (χ1n) is 9.35. The van der Waals surface area contributed by atoms with E-state index >= 15 is 0 Å². The lowest BCUT2D eigenvalue weighted by molar-refractivity contribution is -0.138. The molecule has 2 amide bonds. The zero-order valence-corrected chi connectivity index (χ0v) is 17.6. The number of benzene rings is 1. The smallest absolute Gasteiger partial charge is 0.338 e. The quantitative estimate of drug-likeness (QED) is 0.456. The van der Waals surface area contributed by atoms with Gasteiger partial charge in [0.2, 0.25) is 0 Å². The first kappa shape index (κ1) is 21.9. The number of thioether (sulfide) groups is 1. The van der Waals surface area contributed by atoms with E-state index in [9.17, 15) is 9.59 Å². The fraction of sp³-hybridized carbons (Fsp3) is 0.500. The molecule has 1 atom stereocenters. The van der Waals surface area contributed by atoms with Crippen molar-refractivity contribution in [3.05, 3.63) is 35.0 Å². The Balaban J connectivity index is 2.28. The van der Waals surface area contributed by atoms with Gasteiger partial charge in [0.05, 0.1) is 25.3 Å². The maximum atomic E-state index is 12.7. The molecular formula is C20H28N2O5S. The van der Waals surface area contributed by atoms with E-state index in [1.165, 1.54) is 0 Å². The summed E-state index contributed by atoms with van der Waals surface area (Å²) in [6.45, 7) is 6.67. The number of urea groups is 1. The van der Waals surface area contributed by atoms with Gasteiger partial charge in [-0.05, 0) is 36.8 Å². The Hall–Kier alpha value is -2.35. The molecule has 0 saturated heterocycles. The van der Waals surface area contributed by atoms with Gasteiger partial charge in [0, 0.05) is 11.4 Å². The molecule has 2 N–H and O–H groups in total. The van der Waals surface area contributed by atoms with Gasteiger partial charge in [0.1, 0.15) is 6.61 Å². The van der Waals surface area contributed by atoms with E-state index in [1.807, 2.05) is 13.0 Å². The molecule has 154 valence electrons. The highest BCUT2D eigenvalue weighted by atomic mass is 32.2. The van der Waals surface area contributed by atoms with Gasteiger partial charge >= 0.3 is 12.0 Å². The number of ether oxygens (including phenoxy) is 3. The first-order valence-corrected chi connectivity index (χ1v) is 10.5. The minimum absolute atomic E-state index is 0.321. The number of hydrogen-bond donors (Lipinski definition) is 2. The summed E-state index contributed by atoms with van der Waals surface area (Å²) in [4.78, 5) is 24.7. The van der Waals surface area contributed by atoms with Gasteiger partial charge in [0.25, 0.3) is 0 Å². The van der Waals surface area contributed by atoms with Crippen LogP contribution in [0.4, 0.5) is 4.79 Å². The van der Waals surface area contributed by atoms with Crippen molar-refractivity contribution < 1.29 is 23.8 Å². The highest BCUT2D eigenvalue weighted by Gasteiger charge is 2.32. The summed E-state index contributed by atoms with van der Waals surface area (Å²) < 4.78 is 16.5. The largest absolute Gasteiger partial charge is 0.493 e. The predicted octanol–water partition coefficient (Wildman–Crippen LogP) is 3.41. The van der Waals surface area contributed by atoms with E-state index < -0.39 is 12.0 Å². The number of carbonyl (C=O) groups excluding carboxylic acids is 2. The molecule has 0 aromatic heterocycles. The minimum atomic E-state index is -0.630. The summed E-state index contributed by atoms with van der Waals surface area (Å²) in [5.74, 6) is 2.41. The van der Waals surface area contributed by atoms with E-state index in [-0.39, 0.29) is 6.03 Å². The standard InChI is InChI=1S/C20H28N2O5S/c1-5-9-26-15-8-7-14(12-16(15)25-4)18-17(13(3)21-20(24)22-18)19(23)27-10-11-28-6-2/h7-8,12,18H,5-6,9-11H2,1-4H3,(H2,21,22,24)/t18-/m0/s1. The number of carbonyl (C=O) groups is 2. The Bertz CT molecular complexity index is 735. The van der Waals surface area contributed by atoms with E-state index in [0.29, 0.717) is 41.5 Å². The minimum Gasteiger partial charge on any atom is -0.493 e. The summed E-state index contributed by atoms with van der Waals surface area (Å²) in [6, 6.07) is 4.38. The van der Waals surface area contributed by atoms with E-state index in [4.69, 9.17) is 14.2 Å². The Morgan fingerprint density at radius 3 is 2.68 bits per heavy atom. The number of hydrogen-bond acceptors (Lipinski definition) is 6. The SMILES string of the molecule is CCCOc1ccc([C@@H]2NC(=O)NC(C)=C2C(=O)OCCSCC)cc1OC. The molecule has 1 aliphatic heterocycles. The van der Waals surface area contributed by atoms with Crippen LogP contribution >= 0.6 is 11.8 Å². The van der Waals surface area contributed by atoms with Gasteiger partial charge in [-0.2, -0.15) is 11.8 Å². The normalized spacial score (nSPS) is 16.3. The molecule has 0 unspecified atom stereocenters. The van der Waals surface area contributed by atoms with Crippen LogP contribution in [-0.4, -0.2) is 43.8 Å². The Kier molecular flexibility index (Phi) is 8.50. The van der Waals surface area contributed by atoms with Crippen LogP contribution in [0, 0.1) is 0 Å². The molecule has 0 fully saturated rings. The summed E-state index contributed by atoms with van der Waals surface area (Å²) in [6.07, 6.45) is 0.878. The van der Waals surface area contributed by atoms with Crippen LogP contribution in [0.2, 0.25) is 0 Å². The summed E-state index contributed by atoms with van der Waals surface area (Å²) in [5, 5.41) is 5.45. The number of allylic oxidation sites excluding steroid dienone is 1. The highest BCUT2D eigenvalue weighted by Crippen LogP contribution is 2.34. The molecule has 0 saturated carbocycles. The lowest BCUT2D eigenvalue weighted by Crippen LogP contribution is -2.45. The molecule has 0 radical (unpaired) electrons. The molecule has 1 aromatic carbocycles. The molecule has 0 spiro atoms. The monoisotopic (exact) mass is 408 g/mol. The summed E-state index contributed by atoms with van der Waals surface area (Å²) in [7, 11) is 1.56. The Morgan fingerprint density at radius 1 is 1.21 bits per heavy atom. The second kappa shape index (κ2) is 10.8. The summed E-state index contributed by atoms with van der Waals surface area (Å²) in [5.41, 5.74) is 1.57. The second-order valence-corrected chi connectivity index (χ2v) is 7.56. The maximum Gasteiger partial charge on any atom is 0.338 e. The number of esters is 1. The van der Waals surface area contributed by atoms with Crippen LogP contribution < -0.4 is 20.1 Å². The molecule has 0 bridgehead atoms. The number of methoxy groups -OCH3 is 1. The Morgan fingerprint density at radius 2 is 2.00 bits per heavy atom. The van der Waals surface area contributed by atoms with E-state index in [0.717, 1.165) is 17.9 Å². The molecule has 1 aliphatic rings. The highest BCUT2D eigenvalue weighted by molar-refractivity contribution is 7.99. The first-order chi connectivity index (χ1) is 13.5. The van der Waals surface area contributed by atoms with Crippen LogP contribution in [0.3, 0.4) is 0 Å². The fourth-order valence-electron chi connectivity index (χ4n) is 2.82. The fourth-order valence-corrected chi connectivity index (χ4v) is 3.31. The van der Waals surface area contributed by atoms with E-state index in [1.54, 1.807) is 37.9 Å². The lowest BCUT2D eigenvalue weighted by atomic mass is 9.95. The number of amides is 2. The Labute approximate surface area is 170 Å². The van der Waals surface area contributed by atoms with Crippen LogP contribution in [0.15, 0.2) is 29.5 Å². The second-order valence-electron chi connectivity index (χ2n) is 6.16. The van der Waals surface area contributed by atoms with Crippen LogP contribution in [0.25, 0.3) is 0 Å². The van der Waals surface area contributed by atoms with E-state index in [2.05, 4.69) is 17.6 Å². The molecule has 2 rings (SSSR count). The third-order valence-corrected chi connectivity index (χ3v) is 5.00. The average molecular weight is 409 g/mol. The van der Waals surface area contributed by atoms with Crippen molar-refractivity contribution in [2.75, 3.05) is 31.8 Å². The molecule has 7 nitrogen and oxygen atoms in total. The number of nitrogens with one attached hydrogen (secondary N) is 2. The third kappa shape index (κ3) is 5.58. The molecule has 28 heavy (non-hydrogen) atoms. The van der Waals surface area contributed by atoms with Gasteiger partial charge in [0.15, 0.2) is 11.5 Å². The van der Waals surface area contributed by atoms with Gasteiger partial charge in [-0.25, -0.2) is 9.59 Å². The van der Waals surface area contributed by atoms with Crippen LogP contribution in [-0.2, 0) is 9.53 Å². The van der Waals surface area contributed by atoms with Crippen LogP contribution in [0.5, 0.6) is 11.5 Å². The van der Waals surface area contributed by atoms with Crippen molar-refractivity contribution in [3.63, 3.8) is 0 Å². The van der Waals surface area contributed by atoms with Crippen molar-refractivity contribution in [2.24, 2.45) is 0 Å². The molecule has 8 heteroatoms. The average Bonchev–Trinajstić information content (AvgIpc) is 2.68. The summed E-state index contributed by atoms with van der Waals surface area (Å²) >= 11 is 1.70. The van der Waals surface area contributed by atoms with Crippen LogP contribution in [0.1, 0.15) is 38.8 Å². The maximum absolute atomic E-state index is 12.7. The van der Waals surface area contributed by atoms with Gasteiger partial charge in [-0.3, -0.25) is 0 Å². The zero-order chi connectivity index (χ0) is 20.5. The molecule has 0 aliphatic carbocycles. The van der Waals surface area contributed by atoms with Gasteiger partial charge < -0.3 is 24.8 Å². The predicted molar refractivity (Wildman–Crippen MR) is 110 cm³/mol. The zero-order valence-electron chi connectivity index (χ0n) is 16.8. The number of rotatable bonds is 10. The van der Waals surface area contributed by atoms with Crippen molar-refractivity contribution in [1.29, 1.82) is 0 Å². The van der Waals surface area contributed by atoms with Gasteiger partial charge in [-0.15, -0.1) is 0 Å². The van der Waals surface area contributed by atoms with Gasteiger partial charge in [-0.1, -0.05) is 19.9 Å². The van der Waals surface area contributed by atoms with Crippen molar-refractivity contribution in [3.8, 4) is 11.5 Å². The lowest BCUT2D eigenvalue weighted by Gasteiger charge is -2.28. The third-order valence-electron chi connectivity index (χ3n) is 4.14. The molecule has 1 heterocycles. The molecular weight excluding hydrogens is 380 g/mol.